The summed E-state index contributed by atoms with van der Waals surface area (Å²) >= 11 is 0. The monoisotopic (exact) mass is 441 g/mol. The van der Waals surface area contributed by atoms with Gasteiger partial charge in [-0.1, -0.05) is 43.7 Å². The van der Waals surface area contributed by atoms with E-state index >= 15 is 0 Å². The molecule has 1 aromatic heterocycles. The fourth-order valence-corrected chi connectivity index (χ4v) is 3.04. The highest BCUT2D eigenvalue weighted by atomic mass is 16.6. The van der Waals surface area contributed by atoms with E-state index in [1.807, 2.05) is 37.3 Å². The van der Waals surface area contributed by atoms with Gasteiger partial charge in [-0.25, -0.2) is 4.79 Å². The number of benzene rings is 1. The van der Waals surface area contributed by atoms with Crippen molar-refractivity contribution in [3.05, 3.63) is 47.5 Å². The molecule has 0 bridgehead atoms. The summed E-state index contributed by atoms with van der Waals surface area (Å²) in [6.45, 7) is 8.59. The smallest absolute Gasteiger partial charge is 0.409 e. The number of rotatable bonds is 12. The number of aryl methyl sites for hydroxylation is 1. The molecule has 0 aliphatic heterocycles. The lowest BCUT2D eigenvalue weighted by atomic mass is 10.2. The van der Waals surface area contributed by atoms with E-state index in [0.717, 1.165) is 37.2 Å². The van der Waals surface area contributed by atoms with Gasteiger partial charge in [0.05, 0.1) is 6.21 Å². The van der Waals surface area contributed by atoms with Crippen molar-refractivity contribution in [3.63, 3.8) is 0 Å². The minimum Gasteiger partial charge on any atom is -0.474 e. The predicted molar refractivity (Wildman–Crippen MR) is 130 cm³/mol. The van der Waals surface area contributed by atoms with Crippen molar-refractivity contribution >= 4 is 23.8 Å². The molecule has 1 N–H and O–H groups in total. The molecule has 0 aliphatic carbocycles. The molecule has 2 rings (SSSR count). The van der Waals surface area contributed by atoms with Crippen LogP contribution in [-0.2, 0) is 4.74 Å². The molecule has 2 aromatic rings. The average Bonchev–Trinajstić information content (AvgIpc) is 2.76. The zero-order valence-electron chi connectivity index (χ0n) is 19.8. The van der Waals surface area contributed by atoms with Gasteiger partial charge < -0.3 is 19.3 Å². The Bertz CT molecular complexity index is 880. The van der Waals surface area contributed by atoms with E-state index < -0.39 is 6.09 Å². The maximum Gasteiger partial charge on any atom is 0.409 e. The number of carbonyl (C=O) groups is 1. The van der Waals surface area contributed by atoms with Crippen LogP contribution in [0, 0.1) is 6.92 Å². The van der Waals surface area contributed by atoms with Crippen LogP contribution in [0.3, 0.4) is 0 Å². The van der Waals surface area contributed by atoms with Gasteiger partial charge in [-0.2, -0.15) is 10.1 Å². The number of pyridine rings is 1. The summed E-state index contributed by atoms with van der Waals surface area (Å²) in [6.07, 6.45) is 3.43. The van der Waals surface area contributed by atoms with Crippen LogP contribution in [0.4, 0.5) is 16.3 Å². The third kappa shape index (κ3) is 8.45. The van der Waals surface area contributed by atoms with Crippen molar-refractivity contribution in [2.75, 3.05) is 50.7 Å². The second-order valence-corrected chi connectivity index (χ2v) is 7.68. The van der Waals surface area contributed by atoms with Gasteiger partial charge in [-0.3, -0.25) is 5.43 Å². The number of hydrogen-bond acceptors (Lipinski definition) is 7. The molecule has 0 saturated carbocycles. The Labute approximate surface area is 191 Å². The topological polar surface area (TPSA) is 79.3 Å². The number of hydrazone groups is 1. The molecule has 1 amide bonds. The second kappa shape index (κ2) is 13.2. The summed E-state index contributed by atoms with van der Waals surface area (Å²) in [6, 6.07) is 12.0. The van der Waals surface area contributed by atoms with E-state index in [2.05, 4.69) is 40.3 Å². The first kappa shape index (κ1) is 25.0. The highest BCUT2D eigenvalue weighted by Crippen LogP contribution is 2.24. The molecule has 8 nitrogen and oxygen atoms in total. The molecule has 0 atom stereocenters. The predicted octanol–water partition coefficient (Wildman–Crippen LogP) is 4.54. The Morgan fingerprint density at radius 3 is 2.53 bits per heavy atom. The number of aromatic nitrogens is 1. The third-order valence-corrected chi connectivity index (χ3v) is 4.50. The molecule has 0 aliphatic rings. The van der Waals surface area contributed by atoms with Crippen molar-refractivity contribution in [2.45, 2.75) is 33.6 Å². The minimum absolute atomic E-state index is 0.144. The van der Waals surface area contributed by atoms with Crippen LogP contribution in [0.2, 0.25) is 0 Å². The summed E-state index contributed by atoms with van der Waals surface area (Å²) in [5.74, 6) is 1.04. The molecule has 0 unspecified atom stereocenters. The van der Waals surface area contributed by atoms with E-state index in [4.69, 9.17) is 9.47 Å². The minimum atomic E-state index is -0.403. The molecule has 0 fully saturated rings. The first-order valence-electron chi connectivity index (χ1n) is 11.0. The molecule has 32 heavy (non-hydrogen) atoms. The van der Waals surface area contributed by atoms with Crippen LogP contribution in [0.15, 0.2) is 41.5 Å². The molecule has 1 heterocycles. The Kier molecular flexibility index (Phi) is 10.3. The molecular weight excluding hydrogens is 406 g/mol. The number of nitrogens with zero attached hydrogens (tertiary/aromatic N) is 4. The van der Waals surface area contributed by atoms with Crippen molar-refractivity contribution in [1.82, 2.24) is 9.88 Å². The fourth-order valence-electron chi connectivity index (χ4n) is 3.04. The van der Waals surface area contributed by atoms with E-state index in [1.54, 1.807) is 20.3 Å². The molecule has 1 aromatic carbocycles. The second-order valence-electron chi connectivity index (χ2n) is 7.68. The van der Waals surface area contributed by atoms with Crippen LogP contribution in [0.5, 0.6) is 5.88 Å². The summed E-state index contributed by atoms with van der Waals surface area (Å²) in [7, 11) is 3.28. The molecular formula is C24H35N5O3. The standard InChI is InChI=1S/C24H35N5O3/c1-6-11-29(12-7-2)21-16-22(27-25-18-20-10-8-9-19(3)15-20)26-23(17-21)31-13-14-32-24(30)28(4)5/h8-10,15-18H,6-7,11-14H2,1-5H3,(H,26,27)/b25-18+. The number of nitrogens with one attached hydrogen (secondary N) is 1. The van der Waals surface area contributed by atoms with Crippen LogP contribution < -0.4 is 15.1 Å². The van der Waals surface area contributed by atoms with Crippen LogP contribution in [0.25, 0.3) is 0 Å². The van der Waals surface area contributed by atoms with Gasteiger partial charge in [0.15, 0.2) is 5.82 Å². The molecule has 0 radical (unpaired) electrons. The Morgan fingerprint density at radius 2 is 1.88 bits per heavy atom. The highest BCUT2D eigenvalue weighted by Gasteiger charge is 2.11. The number of ether oxygens (including phenoxy) is 2. The van der Waals surface area contributed by atoms with Crippen molar-refractivity contribution in [3.8, 4) is 5.88 Å². The Hall–Kier alpha value is -3.29. The van der Waals surface area contributed by atoms with E-state index in [0.29, 0.717) is 11.7 Å². The third-order valence-electron chi connectivity index (χ3n) is 4.50. The summed E-state index contributed by atoms with van der Waals surface area (Å²) < 4.78 is 10.9. The number of hydrogen-bond donors (Lipinski definition) is 1. The number of anilines is 2. The van der Waals surface area contributed by atoms with Crippen LogP contribution >= 0.6 is 0 Å². The van der Waals surface area contributed by atoms with Gasteiger partial charge >= 0.3 is 6.09 Å². The molecule has 0 spiro atoms. The lowest BCUT2D eigenvalue weighted by molar-refractivity contribution is 0.101. The Balaban J connectivity index is 2.14. The number of amides is 1. The van der Waals surface area contributed by atoms with Gasteiger partial charge in [-0.05, 0) is 25.3 Å². The van der Waals surface area contributed by atoms with Gasteiger partial charge in [0.25, 0.3) is 0 Å². The van der Waals surface area contributed by atoms with Crippen molar-refractivity contribution in [2.24, 2.45) is 5.10 Å². The Morgan fingerprint density at radius 1 is 1.12 bits per heavy atom. The summed E-state index contributed by atoms with van der Waals surface area (Å²) in [4.78, 5) is 19.7. The van der Waals surface area contributed by atoms with Gasteiger partial charge in [0.1, 0.15) is 13.2 Å². The van der Waals surface area contributed by atoms with Crippen LogP contribution in [0.1, 0.15) is 37.8 Å². The fraction of sp³-hybridized carbons (Fsp3) is 0.458. The van der Waals surface area contributed by atoms with Gasteiger partial charge in [0, 0.05) is 45.0 Å². The normalized spacial score (nSPS) is 10.8. The highest BCUT2D eigenvalue weighted by molar-refractivity contribution is 5.80. The van der Waals surface area contributed by atoms with Gasteiger partial charge in [-0.15, -0.1) is 0 Å². The zero-order valence-corrected chi connectivity index (χ0v) is 19.8. The summed E-state index contributed by atoms with van der Waals surface area (Å²) in [5.41, 5.74) is 6.21. The van der Waals surface area contributed by atoms with Crippen LogP contribution in [-0.4, -0.2) is 62.6 Å². The van der Waals surface area contributed by atoms with E-state index in [1.165, 1.54) is 10.5 Å². The summed E-state index contributed by atoms with van der Waals surface area (Å²) in [5, 5.41) is 4.34. The maximum atomic E-state index is 11.6. The number of carbonyl (C=O) groups excluding carboxylic acids is 1. The van der Waals surface area contributed by atoms with Crippen molar-refractivity contribution in [1.29, 1.82) is 0 Å². The van der Waals surface area contributed by atoms with E-state index in [-0.39, 0.29) is 13.2 Å². The van der Waals surface area contributed by atoms with E-state index in [9.17, 15) is 4.79 Å². The molecule has 174 valence electrons. The SMILES string of the molecule is CCCN(CCC)c1cc(N/N=C/c2cccc(C)c2)nc(OCCOC(=O)N(C)C)c1. The lowest BCUT2D eigenvalue weighted by Gasteiger charge is -2.24. The molecule has 0 saturated heterocycles. The van der Waals surface area contributed by atoms with Crippen molar-refractivity contribution < 1.29 is 14.3 Å². The largest absolute Gasteiger partial charge is 0.474 e. The first-order chi connectivity index (χ1) is 15.4. The zero-order chi connectivity index (χ0) is 23.3. The quantitative estimate of drug-likeness (QED) is 0.296. The lowest BCUT2D eigenvalue weighted by Crippen LogP contribution is -2.25. The molecule has 8 heteroatoms. The van der Waals surface area contributed by atoms with Gasteiger partial charge in [0.2, 0.25) is 5.88 Å². The maximum absolute atomic E-state index is 11.6. The average molecular weight is 442 g/mol. The first-order valence-corrected chi connectivity index (χ1v) is 11.0.